The van der Waals surface area contributed by atoms with E-state index in [2.05, 4.69) is 5.32 Å². The molecule has 0 radical (unpaired) electrons. The molecule has 1 heterocycles. The van der Waals surface area contributed by atoms with Gasteiger partial charge in [0.15, 0.2) is 6.29 Å². The Morgan fingerprint density at radius 2 is 2.10 bits per heavy atom. The lowest BCUT2D eigenvalue weighted by atomic mass is 10.1. The molecule has 1 aromatic heterocycles. The SMILES string of the molecule is Cc1ccc(NC(=O)CCn2cccc2C=O)c(C)c1. The van der Waals surface area contributed by atoms with Crippen LogP contribution in [-0.4, -0.2) is 16.8 Å². The number of aldehydes is 1. The van der Waals surface area contributed by atoms with Gasteiger partial charge in [-0.25, -0.2) is 0 Å². The lowest BCUT2D eigenvalue weighted by Gasteiger charge is -2.10. The fraction of sp³-hybridized carbons (Fsp3) is 0.250. The van der Waals surface area contributed by atoms with Crippen molar-refractivity contribution < 1.29 is 9.59 Å². The highest BCUT2D eigenvalue weighted by Gasteiger charge is 2.06. The Morgan fingerprint density at radius 3 is 2.80 bits per heavy atom. The average molecular weight is 270 g/mol. The maximum Gasteiger partial charge on any atom is 0.226 e. The van der Waals surface area contributed by atoms with Gasteiger partial charge in [0, 0.05) is 24.8 Å². The van der Waals surface area contributed by atoms with Crippen LogP contribution in [0.3, 0.4) is 0 Å². The van der Waals surface area contributed by atoms with E-state index in [1.165, 1.54) is 5.56 Å². The molecule has 2 aromatic rings. The fourth-order valence-corrected chi connectivity index (χ4v) is 2.13. The minimum absolute atomic E-state index is 0.0532. The van der Waals surface area contributed by atoms with E-state index in [0.717, 1.165) is 17.5 Å². The maximum atomic E-state index is 11.9. The van der Waals surface area contributed by atoms with Crippen molar-refractivity contribution >= 4 is 17.9 Å². The van der Waals surface area contributed by atoms with Crippen LogP contribution in [0.1, 0.15) is 28.0 Å². The zero-order valence-corrected chi connectivity index (χ0v) is 11.7. The van der Waals surface area contributed by atoms with Gasteiger partial charge < -0.3 is 9.88 Å². The van der Waals surface area contributed by atoms with Gasteiger partial charge >= 0.3 is 0 Å². The number of rotatable bonds is 5. The van der Waals surface area contributed by atoms with Crippen molar-refractivity contribution in [2.24, 2.45) is 0 Å². The number of hydrogen-bond acceptors (Lipinski definition) is 2. The molecule has 0 fully saturated rings. The molecule has 2 rings (SSSR count). The van der Waals surface area contributed by atoms with Crippen molar-refractivity contribution in [3.05, 3.63) is 53.3 Å². The van der Waals surface area contributed by atoms with Crippen LogP contribution < -0.4 is 5.32 Å². The molecule has 1 N–H and O–H groups in total. The van der Waals surface area contributed by atoms with E-state index in [1.807, 2.05) is 32.0 Å². The smallest absolute Gasteiger partial charge is 0.226 e. The zero-order chi connectivity index (χ0) is 14.5. The van der Waals surface area contributed by atoms with Crippen molar-refractivity contribution in [3.63, 3.8) is 0 Å². The third-order valence-electron chi connectivity index (χ3n) is 3.22. The summed E-state index contributed by atoms with van der Waals surface area (Å²) in [6.45, 7) is 4.49. The summed E-state index contributed by atoms with van der Waals surface area (Å²) in [6.07, 6.45) is 2.93. The monoisotopic (exact) mass is 270 g/mol. The van der Waals surface area contributed by atoms with Crippen LogP contribution in [0.15, 0.2) is 36.5 Å². The Morgan fingerprint density at radius 1 is 1.30 bits per heavy atom. The van der Waals surface area contributed by atoms with Gasteiger partial charge in [-0.2, -0.15) is 0 Å². The second-order valence-electron chi connectivity index (χ2n) is 4.86. The Kier molecular flexibility index (Phi) is 4.35. The second kappa shape index (κ2) is 6.19. The predicted octanol–water partition coefficient (Wildman–Crippen LogP) is 2.95. The van der Waals surface area contributed by atoms with Gasteiger partial charge in [-0.1, -0.05) is 17.7 Å². The molecule has 104 valence electrons. The number of nitrogens with one attached hydrogen (secondary N) is 1. The molecule has 1 aromatic carbocycles. The summed E-state index contributed by atoms with van der Waals surface area (Å²) in [5.74, 6) is -0.0532. The first-order valence-electron chi connectivity index (χ1n) is 6.57. The number of nitrogens with zero attached hydrogens (tertiary/aromatic N) is 1. The normalized spacial score (nSPS) is 10.3. The number of amides is 1. The molecule has 0 atom stereocenters. The molecular formula is C16H18N2O2. The molecule has 4 heteroatoms. The predicted molar refractivity (Wildman–Crippen MR) is 79.0 cm³/mol. The van der Waals surface area contributed by atoms with Crippen LogP contribution in [0.2, 0.25) is 0 Å². The maximum absolute atomic E-state index is 11.9. The van der Waals surface area contributed by atoms with Crippen molar-refractivity contribution in [2.75, 3.05) is 5.32 Å². The van der Waals surface area contributed by atoms with Gasteiger partial charge in [-0.05, 0) is 37.6 Å². The Balaban J connectivity index is 1.94. The fourth-order valence-electron chi connectivity index (χ4n) is 2.13. The van der Waals surface area contributed by atoms with E-state index >= 15 is 0 Å². The van der Waals surface area contributed by atoms with Crippen LogP contribution >= 0.6 is 0 Å². The molecule has 20 heavy (non-hydrogen) atoms. The highest BCUT2D eigenvalue weighted by atomic mass is 16.1. The van der Waals surface area contributed by atoms with E-state index in [9.17, 15) is 9.59 Å². The summed E-state index contributed by atoms with van der Waals surface area (Å²) in [5, 5.41) is 2.90. The molecular weight excluding hydrogens is 252 g/mol. The van der Waals surface area contributed by atoms with Crippen LogP contribution in [0, 0.1) is 13.8 Å². The standard InChI is InChI=1S/C16H18N2O2/c1-12-5-6-15(13(2)10-12)17-16(20)7-9-18-8-3-4-14(18)11-19/h3-6,8,10-11H,7,9H2,1-2H3,(H,17,20). The zero-order valence-electron chi connectivity index (χ0n) is 11.7. The Bertz CT molecular complexity index is 629. The molecule has 0 saturated carbocycles. The Hall–Kier alpha value is -2.36. The van der Waals surface area contributed by atoms with Gasteiger partial charge in [0.1, 0.15) is 0 Å². The summed E-state index contributed by atoms with van der Waals surface area (Å²) in [5.41, 5.74) is 3.64. The minimum Gasteiger partial charge on any atom is -0.345 e. The summed E-state index contributed by atoms with van der Waals surface area (Å²) in [7, 11) is 0. The average Bonchev–Trinajstić information content (AvgIpc) is 2.87. The summed E-state index contributed by atoms with van der Waals surface area (Å²) in [4.78, 5) is 22.7. The van der Waals surface area contributed by atoms with E-state index in [1.54, 1.807) is 22.9 Å². The van der Waals surface area contributed by atoms with Crippen molar-refractivity contribution in [2.45, 2.75) is 26.8 Å². The molecule has 0 aliphatic rings. The van der Waals surface area contributed by atoms with Gasteiger partial charge in [-0.3, -0.25) is 9.59 Å². The molecule has 0 aliphatic carbocycles. The molecule has 0 unspecified atom stereocenters. The third-order valence-corrected chi connectivity index (χ3v) is 3.22. The molecule has 0 bridgehead atoms. The number of benzene rings is 1. The lowest BCUT2D eigenvalue weighted by Crippen LogP contribution is -2.15. The highest BCUT2D eigenvalue weighted by molar-refractivity contribution is 5.91. The van der Waals surface area contributed by atoms with Crippen LogP contribution in [-0.2, 0) is 11.3 Å². The number of aromatic nitrogens is 1. The van der Waals surface area contributed by atoms with Crippen LogP contribution in [0.5, 0.6) is 0 Å². The first kappa shape index (κ1) is 14.1. The molecule has 0 spiro atoms. The molecule has 4 nitrogen and oxygen atoms in total. The topological polar surface area (TPSA) is 51.1 Å². The van der Waals surface area contributed by atoms with Gasteiger partial charge in [-0.15, -0.1) is 0 Å². The number of hydrogen-bond donors (Lipinski definition) is 1. The van der Waals surface area contributed by atoms with Gasteiger partial charge in [0.2, 0.25) is 5.91 Å². The number of aryl methyl sites for hydroxylation is 3. The van der Waals surface area contributed by atoms with Crippen molar-refractivity contribution in [3.8, 4) is 0 Å². The minimum atomic E-state index is -0.0532. The van der Waals surface area contributed by atoms with E-state index < -0.39 is 0 Å². The summed E-state index contributed by atoms with van der Waals surface area (Å²) in [6, 6.07) is 9.45. The highest BCUT2D eigenvalue weighted by Crippen LogP contribution is 2.16. The third kappa shape index (κ3) is 3.35. The van der Waals surface area contributed by atoms with Gasteiger partial charge in [0.05, 0.1) is 5.69 Å². The van der Waals surface area contributed by atoms with Crippen molar-refractivity contribution in [1.29, 1.82) is 0 Å². The number of carbonyl (C=O) groups excluding carboxylic acids is 2. The van der Waals surface area contributed by atoms with Crippen LogP contribution in [0.25, 0.3) is 0 Å². The van der Waals surface area contributed by atoms with Gasteiger partial charge in [0.25, 0.3) is 0 Å². The number of carbonyl (C=O) groups is 2. The summed E-state index contributed by atoms with van der Waals surface area (Å²) < 4.78 is 1.77. The van der Waals surface area contributed by atoms with E-state index in [-0.39, 0.29) is 5.91 Å². The summed E-state index contributed by atoms with van der Waals surface area (Å²) >= 11 is 0. The van der Waals surface area contributed by atoms with E-state index in [0.29, 0.717) is 18.7 Å². The van der Waals surface area contributed by atoms with E-state index in [4.69, 9.17) is 0 Å². The lowest BCUT2D eigenvalue weighted by molar-refractivity contribution is -0.116. The largest absolute Gasteiger partial charge is 0.345 e. The van der Waals surface area contributed by atoms with Crippen molar-refractivity contribution in [1.82, 2.24) is 4.57 Å². The Labute approximate surface area is 118 Å². The first-order valence-corrected chi connectivity index (χ1v) is 6.57. The molecule has 0 aliphatic heterocycles. The second-order valence-corrected chi connectivity index (χ2v) is 4.86. The first-order chi connectivity index (χ1) is 9.60. The molecule has 1 amide bonds. The molecule has 0 saturated heterocycles. The van der Waals surface area contributed by atoms with Crippen LogP contribution in [0.4, 0.5) is 5.69 Å². The quantitative estimate of drug-likeness (QED) is 0.849. The number of anilines is 1.